The molecule has 26 heavy (non-hydrogen) atoms. The summed E-state index contributed by atoms with van der Waals surface area (Å²) in [7, 11) is -4.68. The Labute approximate surface area is 199 Å². The second kappa shape index (κ2) is 11.3. The van der Waals surface area contributed by atoms with E-state index in [1.165, 1.54) is 25.1 Å². The molecule has 7 nitrogen and oxygen atoms in total. The van der Waals surface area contributed by atoms with Crippen LogP contribution in [0.15, 0.2) is 46.2 Å². The number of aryl methyl sites for hydroxylation is 2. The Morgan fingerprint density at radius 1 is 1.00 bits per heavy atom. The number of hydrogen-bond acceptors (Lipinski definition) is 8. The molecule has 0 amide bonds. The summed E-state index contributed by atoms with van der Waals surface area (Å²) in [4.78, 5) is 12.6. The van der Waals surface area contributed by atoms with Gasteiger partial charge in [-0.05, 0) is 37.1 Å². The molecule has 2 rings (SSSR count). The Kier molecular flexibility index (Phi) is 11.4. The molecule has 0 aliphatic carbocycles. The minimum Gasteiger partial charge on any atom is -0.744 e. The number of hydrogen-bond donors (Lipinski definition) is 0. The van der Waals surface area contributed by atoms with E-state index in [-0.39, 0.29) is 75.8 Å². The molecular weight excluding hydrogens is 402 g/mol. The Hall–Kier alpha value is 0.250. The van der Waals surface area contributed by atoms with Crippen LogP contribution in [0, 0.1) is 13.8 Å². The molecule has 0 spiro atoms. The van der Waals surface area contributed by atoms with Gasteiger partial charge in [0.05, 0.1) is 16.9 Å². The summed E-state index contributed by atoms with van der Waals surface area (Å²) < 4.78 is 38.0. The van der Waals surface area contributed by atoms with Crippen LogP contribution in [-0.2, 0) is 19.5 Å². The number of carbonyl (C=O) groups excluding carboxylic acids is 1. The van der Waals surface area contributed by atoms with Crippen LogP contribution in [0.3, 0.4) is 0 Å². The van der Waals surface area contributed by atoms with Crippen molar-refractivity contribution in [2.75, 3.05) is 0 Å². The van der Waals surface area contributed by atoms with Crippen molar-refractivity contribution in [2.24, 2.45) is 0 Å². The average Bonchev–Trinajstić information content (AvgIpc) is 2.53. The van der Waals surface area contributed by atoms with E-state index in [1.54, 1.807) is 19.1 Å². The van der Waals surface area contributed by atoms with E-state index in [0.29, 0.717) is 16.9 Å². The van der Waals surface area contributed by atoms with Gasteiger partial charge in [0.1, 0.15) is 10.1 Å². The summed E-state index contributed by atoms with van der Waals surface area (Å²) in [6, 6.07) is 8.57. The van der Waals surface area contributed by atoms with Gasteiger partial charge in [-0.3, -0.25) is 9.83 Å². The SMILES string of the molecule is Cc1ccc(C(=O)c2ccc(C)c(S(=O)(=O)[O-])c2)cc1SOO[O-].[Na+].[Na+]. The molecule has 0 aromatic heterocycles. The van der Waals surface area contributed by atoms with E-state index < -0.39 is 20.8 Å². The summed E-state index contributed by atoms with van der Waals surface area (Å²) in [5.41, 5.74) is 1.33. The molecule has 11 heteroatoms. The molecular formula is C15H12Na2O7S2. The zero-order chi connectivity index (χ0) is 17.9. The number of benzene rings is 2. The molecule has 2 aromatic rings. The largest absolute Gasteiger partial charge is 1.00 e. The van der Waals surface area contributed by atoms with Crippen LogP contribution < -0.4 is 64.4 Å². The van der Waals surface area contributed by atoms with Crippen molar-refractivity contribution in [3.8, 4) is 0 Å². The van der Waals surface area contributed by atoms with Gasteiger partial charge in [-0.1, -0.05) is 24.3 Å². The zero-order valence-corrected chi connectivity index (χ0v) is 20.3. The van der Waals surface area contributed by atoms with E-state index in [9.17, 15) is 23.0 Å². The van der Waals surface area contributed by atoms with Gasteiger partial charge in [0.2, 0.25) is 0 Å². The summed E-state index contributed by atoms with van der Waals surface area (Å²) in [5.74, 6) is -0.468. The van der Waals surface area contributed by atoms with Crippen LogP contribution >= 0.6 is 12.0 Å². The molecule has 2 aromatic carbocycles. The molecule has 0 aliphatic heterocycles. The third-order valence-corrected chi connectivity index (χ3v) is 5.04. The fourth-order valence-corrected chi connectivity index (χ4v) is 3.27. The maximum absolute atomic E-state index is 12.5. The molecule has 0 saturated heterocycles. The van der Waals surface area contributed by atoms with Gasteiger partial charge in [-0.25, -0.2) is 8.42 Å². The molecule has 0 saturated carbocycles. The van der Waals surface area contributed by atoms with Gasteiger partial charge >= 0.3 is 59.1 Å². The second-order valence-corrected chi connectivity index (χ2v) is 7.05. The maximum atomic E-state index is 12.5. The van der Waals surface area contributed by atoms with Crippen molar-refractivity contribution in [1.82, 2.24) is 0 Å². The third kappa shape index (κ3) is 6.69. The predicted molar refractivity (Wildman–Crippen MR) is 81.8 cm³/mol. The molecule has 128 valence electrons. The first-order chi connectivity index (χ1) is 11.2. The van der Waals surface area contributed by atoms with Crippen molar-refractivity contribution in [3.63, 3.8) is 0 Å². The van der Waals surface area contributed by atoms with E-state index in [4.69, 9.17) is 0 Å². The minimum absolute atomic E-state index is 0. The van der Waals surface area contributed by atoms with Gasteiger partial charge in [-0.15, -0.1) is 0 Å². The molecule has 0 heterocycles. The Morgan fingerprint density at radius 3 is 2.08 bits per heavy atom. The van der Waals surface area contributed by atoms with Crippen LogP contribution in [0.5, 0.6) is 0 Å². The summed E-state index contributed by atoms with van der Waals surface area (Å²) in [6.07, 6.45) is 0. The fourth-order valence-electron chi connectivity index (χ4n) is 2.06. The van der Waals surface area contributed by atoms with Crippen molar-refractivity contribution in [1.29, 1.82) is 0 Å². The second-order valence-electron chi connectivity index (χ2n) is 4.96. The predicted octanol–water partition coefficient (Wildman–Crippen LogP) is -4.32. The van der Waals surface area contributed by atoms with Crippen LogP contribution in [0.1, 0.15) is 27.0 Å². The molecule has 0 aliphatic rings. The maximum Gasteiger partial charge on any atom is 1.00 e. The average molecular weight is 414 g/mol. The Morgan fingerprint density at radius 2 is 1.54 bits per heavy atom. The first-order valence-corrected chi connectivity index (χ1v) is 8.74. The first-order valence-electron chi connectivity index (χ1n) is 6.59. The van der Waals surface area contributed by atoms with Gasteiger partial charge in [0, 0.05) is 16.0 Å². The standard InChI is InChI=1S/C15H14O7S2.2Na/c1-9-3-5-11(7-13(9)23-22-21-17)15(16)12-6-4-10(2)14(8-12)24(18,19)20;;/h3-8,17H,1-2H3,(H,18,19,20);;/q;2*+1/p-2. The van der Waals surface area contributed by atoms with Gasteiger partial charge < -0.3 is 9.81 Å². The van der Waals surface area contributed by atoms with Crippen molar-refractivity contribution >= 4 is 27.9 Å². The van der Waals surface area contributed by atoms with E-state index in [1.807, 2.05) is 0 Å². The normalized spacial score (nSPS) is 10.6. The number of ketones is 1. The molecule has 0 fully saturated rings. The number of carbonyl (C=O) groups is 1. The molecule has 0 bridgehead atoms. The third-order valence-electron chi connectivity index (χ3n) is 3.32. The van der Waals surface area contributed by atoms with Crippen molar-refractivity contribution in [2.45, 2.75) is 23.6 Å². The minimum atomic E-state index is -4.68. The van der Waals surface area contributed by atoms with Gasteiger partial charge in [-0.2, -0.15) is 4.33 Å². The van der Waals surface area contributed by atoms with Crippen molar-refractivity contribution < 1.29 is 91.5 Å². The number of rotatable bonds is 6. The monoisotopic (exact) mass is 414 g/mol. The van der Waals surface area contributed by atoms with Crippen LogP contribution in [-0.4, -0.2) is 18.8 Å². The Bertz CT molecular complexity index is 886. The van der Waals surface area contributed by atoms with E-state index >= 15 is 0 Å². The van der Waals surface area contributed by atoms with Crippen molar-refractivity contribution in [3.05, 3.63) is 58.7 Å². The molecule has 0 N–H and O–H groups in total. The van der Waals surface area contributed by atoms with Crippen LogP contribution in [0.25, 0.3) is 0 Å². The molecule has 0 unspecified atom stereocenters. The zero-order valence-electron chi connectivity index (χ0n) is 14.6. The van der Waals surface area contributed by atoms with E-state index in [0.717, 1.165) is 11.6 Å². The summed E-state index contributed by atoms with van der Waals surface area (Å²) in [6.45, 7) is 3.22. The summed E-state index contributed by atoms with van der Waals surface area (Å²) >= 11 is 0.651. The quantitative estimate of drug-likeness (QED) is 0.116. The first kappa shape index (κ1) is 26.2. The van der Waals surface area contributed by atoms with Crippen LogP contribution in [0.2, 0.25) is 0 Å². The van der Waals surface area contributed by atoms with E-state index in [2.05, 4.69) is 9.37 Å². The Balaban J connectivity index is 0.00000312. The molecule has 0 radical (unpaired) electrons. The van der Waals surface area contributed by atoms with Gasteiger partial charge in [0.25, 0.3) is 0 Å². The van der Waals surface area contributed by atoms with Crippen LogP contribution in [0.4, 0.5) is 0 Å². The molecule has 0 atom stereocenters. The topological polar surface area (TPSA) is 116 Å². The van der Waals surface area contributed by atoms with Gasteiger partial charge in [0.15, 0.2) is 5.78 Å². The summed E-state index contributed by atoms with van der Waals surface area (Å²) in [5, 5.41) is 13.2. The fraction of sp³-hybridized carbons (Fsp3) is 0.133. The smallest absolute Gasteiger partial charge is 0.744 e.